The molecule has 0 aromatic carbocycles. The second kappa shape index (κ2) is 6.02. The molecule has 22 heavy (non-hydrogen) atoms. The summed E-state index contributed by atoms with van der Waals surface area (Å²) in [7, 11) is 4.19. The lowest BCUT2D eigenvalue weighted by Gasteiger charge is -2.27. The summed E-state index contributed by atoms with van der Waals surface area (Å²) in [6.45, 7) is 5.89. The fourth-order valence-corrected chi connectivity index (χ4v) is 2.66. The van der Waals surface area contributed by atoms with E-state index in [2.05, 4.69) is 39.2 Å². The number of aromatic nitrogens is 4. The van der Waals surface area contributed by atoms with Crippen molar-refractivity contribution in [1.29, 1.82) is 0 Å². The van der Waals surface area contributed by atoms with E-state index < -0.39 is 0 Å². The van der Waals surface area contributed by atoms with Crippen molar-refractivity contribution in [3.8, 4) is 5.82 Å². The van der Waals surface area contributed by atoms with Crippen LogP contribution in [0.1, 0.15) is 17.0 Å². The van der Waals surface area contributed by atoms with Gasteiger partial charge in [-0.25, -0.2) is 0 Å². The second-order valence-electron chi connectivity index (χ2n) is 6.08. The molecule has 7 heteroatoms. The van der Waals surface area contributed by atoms with Crippen molar-refractivity contribution in [2.24, 2.45) is 0 Å². The molecule has 1 aliphatic rings. The molecular formula is C15H23N7. The van der Waals surface area contributed by atoms with Gasteiger partial charge in [-0.05, 0) is 33.2 Å². The van der Waals surface area contributed by atoms with Crippen molar-refractivity contribution in [2.75, 3.05) is 39.5 Å². The Morgan fingerprint density at radius 1 is 1.27 bits per heavy atom. The maximum atomic E-state index is 6.31. The maximum Gasteiger partial charge on any atom is 0.178 e. The average Bonchev–Trinajstić information content (AvgIpc) is 2.83. The summed E-state index contributed by atoms with van der Waals surface area (Å²) >= 11 is 0. The summed E-state index contributed by atoms with van der Waals surface area (Å²) in [6.07, 6.45) is 0.930. The first kappa shape index (κ1) is 14.9. The van der Waals surface area contributed by atoms with Crippen LogP contribution in [0.15, 0.2) is 12.1 Å². The summed E-state index contributed by atoms with van der Waals surface area (Å²) < 4.78 is 1.71. The predicted molar refractivity (Wildman–Crippen MR) is 85.8 cm³/mol. The van der Waals surface area contributed by atoms with E-state index in [1.54, 1.807) is 4.68 Å². The van der Waals surface area contributed by atoms with Gasteiger partial charge in [-0.15, -0.1) is 5.10 Å². The average molecular weight is 301 g/mol. The summed E-state index contributed by atoms with van der Waals surface area (Å²) in [5.74, 6) is 1.36. The first-order chi connectivity index (χ1) is 10.5. The number of anilines is 1. The largest absolute Gasteiger partial charge is 0.383 e. The van der Waals surface area contributed by atoms with E-state index >= 15 is 0 Å². The van der Waals surface area contributed by atoms with Crippen LogP contribution in [0.4, 0.5) is 5.82 Å². The maximum absolute atomic E-state index is 6.31. The molecule has 0 atom stereocenters. The highest BCUT2D eigenvalue weighted by Gasteiger charge is 2.24. The fraction of sp³-hybridized carbons (Fsp3) is 0.533. The number of hydrogen-bond acceptors (Lipinski definition) is 6. The lowest BCUT2D eigenvalue weighted by molar-refractivity contribution is 0.225. The third-order valence-electron chi connectivity index (χ3n) is 4.02. The molecule has 0 bridgehead atoms. The Morgan fingerprint density at radius 2 is 2.09 bits per heavy atom. The van der Waals surface area contributed by atoms with E-state index in [9.17, 15) is 0 Å². The Bertz CT molecular complexity index is 645. The zero-order valence-electron chi connectivity index (χ0n) is 13.5. The molecule has 0 unspecified atom stereocenters. The summed E-state index contributed by atoms with van der Waals surface area (Å²) in [5, 5.41) is 12.9. The Labute approximate surface area is 130 Å². The van der Waals surface area contributed by atoms with Gasteiger partial charge in [0.2, 0.25) is 0 Å². The Hall–Kier alpha value is -1.99. The number of likely N-dealkylation sites (N-methyl/N-ethyl adjacent to an activating group) is 1. The summed E-state index contributed by atoms with van der Waals surface area (Å²) in [5.41, 5.74) is 9.41. The third kappa shape index (κ3) is 2.95. The zero-order valence-corrected chi connectivity index (χ0v) is 13.5. The molecule has 0 saturated heterocycles. The van der Waals surface area contributed by atoms with Gasteiger partial charge in [0.1, 0.15) is 5.82 Å². The number of rotatable bonds is 4. The van der Waals surface area contributed by atoms with Crippen molar-refractivity contribution in [3.63, 3.8) is 0 Å². The molecule has 3 heterocycles. The van der Waals surface area contributed by atoms with E-state index in [-0.39, 0.29) is 0 Å². The van der Waals surface area contributed by atoms with Gasteiger partial charge in [-0.1, -0.05) is 0 Å². The molecule has 2 aromatic heterocycles. The minimum atomic E-state index is 0.678. The zero-order chi connectivity index (χ0) is 15.7. The minimum Gasteiger partial charge on any atom is -0.383 e. The van der Waals surface area contributed by atoms with Crippen LogP contribution in [-0.4, -0.2) is 63.5 Å². The van der Waals surface area contributed by atoms with Crippen molar-refractivity contribution >= 4 is 5.82 Å². The highest BCUT2D eigenvalue weighted by atomic mass is 15.4. The third-order valence-corrected chi connectivity index (χ3v) is 4.02. The van der Waals surface area contributed by atoms with E-state index in [1.165, 1.54) is 0 Å². The smallest absolute Gasteiger partial charge is 0.178 e. The number of aryl methyl sites for hydroxylation is 1. The quantitative estimate of drug-likeness (QED) is 0.885. The first-order valence-electron chi connectivity index (χ1n) is 7.58. The Kier molecular flexibility index (Phi) is 4.08. The lowest BCUT2D eigenvalue weighted by Crippen LogP contribution is -2.35. The molecule has 0 saturated carbocycles. The van der Waals surface area contributed by atoms with Gasteiger partial charge in [-0.2, -0.15) is 14.9 Å². The Balaban J connectivity index is 1.82. The van der Waals surface area contributed by atoms with Gasteiger partial charge in [0.05, 0.1) is 11.4 Å². The first-order valence-corrected chi connectivity index (χ1v) is 7.58. The van der Waals surface area contributed by atoms with Gasteiger partial charge < -0.3 is 10.6 Å². The van der Waals surface area contributed by atoms with Gasteiger partial charge in [-0.3, -0.25) is 4.90 Å². The van der Waals surface area contributed by atoms with Crippen molar-refractivity contribution in [3.05, 3.63) is 29.1 Å². The van der Waals surface area contributed by atoms with E-state index in [0.717, 1.165) is 49.6 Å². The van der Waals surface area contributed by atoms with Crippen LogP contribution in [0.2, 0.25) is 0 Å². The highest BCUT2D eigenvalue weighted by Crippen LogP contribution is 2.25. The SMILES string of the molecule is Cc1ccc(-n2nc3c(c2N)CN(CCN(C)C)CC3)nn1. The van der Waals surface area contributed by atoms with Crippen molar-refractivity contribution in [1.82, 2.24) is 29.8 Å². The number of nitrogen functional groups attached to an aromatic ring is 1. The molecule has 0 fully saturated rings. The van der Waals surface area contributed by atoms with Crippen LogP contribution in [-0.2, 0) is 13.0 Å². The topological polar surface area (TPSA) is 76.1 Å². The minimum absolute atomic E-state index is 0.678. The monoisotopic (exact) mass is 301 g/mol. The van der Waals surface area contributed by atoms with E-state index in [4.69, 9.17) is 5.73 Å². The summed E-state index contributed by atoms with van der Waals surface area (Å²) in [6, 6.07) is 3.83. The summed E-state index contributed by atoms with van der Waals surface area (Å²) in [4.78, 5) is 4.62. The van der Waals surface area contributed by atoms with Crippen LogP contribution in [0.3, 0.4) is 0 Å². The lowest BCUT2D eigenvalue weighted by atomic mass is 10.1. The fourth-order valence-electron chi connectivity index (χ4n) is 2.66. The van der Waals surface area contributed by atoms with Gasteiger partial charge >= 0.3 is 0 Å². The van der Waals surface area contributed by atoms with Crippen LogP contribution < -0.4 is 5.73 Å². The van der Waals surface area contributed by atoms with Gasteiger partial charge in [0, 0.05) is 38.2 Å². The predicted octanol–water partition coefficient (Wildman–Crippen LogP) is 0.473. The molecule has 0 amide bonds. The van der Waals surface area contributed by atoms with Gasteiger partial charge in [0.25, 0.3) is 0 Å². The normalized spacial score (nSPS) is 15.3. The van der Waals surface area contributed by atoms with E-state index in [0.29, 0.717) is 11.6 Å². The van der Waals surface area contributed by atoms with Crippen molar-refractivity contribution in [2.45, 2.75) is 19.9 Å². The molecule has 0 spiro atoms. The van der Waals surface area contributed by atoms with Crippen LogP contribution in [0, 0.1) is 6.92 Å². The molecular weight excluding hydrogens is 278 g/mol. The molecule has 2 N–H and O–H groups in total. The molecule has 7 nitrogen and oxygen atoms in total. The number of fused-ring (bicyclic) bond motifs is 1. The van der Waals surface area contributed by atoms with E-state index in [1.807, 2.05) is 19.1 Å². The van der Waals surface area contributed by atoms with Crippen molar-refractivity contribution < 1.29 is 0 Å². The van der Waals surface area contributed by atoms with Crippen LogP contribution >= 0.6 is 0 Å². The molecule has 0 aliphatic carbocycles. The molecule has 1 aliphatic heterocycles. The number of nitrogens with zero attached hydrogens (tertiary/aromatic N) is 6. The number of nitrogens with two attached hydrogens (primary N) is 1. The molecule has 0 radical (unpaired) electrons. The standard InChI is InChI=1S/C15H23N7/c1-11-4-5-14(18-17-11)22-15(16)12-10-21(9-8-20(2)3)7-6-13(12)19-22/h4-5H,6-10,16H2,1-3H3. The second-order valence-corrected chi connectivity index (χ2v) is 6.08. The van der Waals surface area contributed by atoms with Crippen LogP contribution in [0.25, 0.3) is 5.82 Å². The molecule has 3 rings (SSSR count). The Morgan fingerprint density at radius 3 is 2.77 bits per heavy atom. The van der Waals surface area contributed by atoms with Gasteiger partial charge in [0.15, 0.2) is 5.82 Å². The highest BCUT2D eigenvalue weighted by molar-refractivity contribution is 5.49. The molecule has 118 valence electrons. The number of hydrogen-bond donors (Lipinski definition) is 1. The molecule has 2 aromatic rings. The van der Waals surface area contributed by atoms with Crippen LogP contribution in [0.5, 0.6) is 0 Å².